The van der Waals surface area contributed by atoms with E-state index in [1.807, 2.05) is 24.3 Å². The molecule has 2 heterocycles. The SMILES string of the molecule is COc1ccc(-c2nnc(-c3nn[nH]n3)s2)cc1. The van der Waals surface area contributed by atoms with E-state index in [1.165, 1.54) is 11.3 Å². The van der Waals surface area contributed by atoms with Crippen molar-refractivity contribution in [3.63, 3.8) is 0 Å². The predicted molar refractivity (Wildman–Crippen MR) is 65.1 cm³/mol. The van der Waals surface area contributed by atoms with Gasteiger partial charge in [-0.1, -0.05) is 11.3 Å². The Morgan fingerprint density at radius 1 is 1.06 bits per heavy atom. The first-order valence-electron chi connectivity index (χ1n) is 5.08. The highest BCUT2D eigenvalue weighted by molar-refractivity contribution is 7.17. The summed E-state index contributed by atoms with van der Waals surface area (Å²) in [4.78, 5) is 0. The van der Waals surface area contributed by atoms with E-state index in [1.54, 1.807) is 7.11 Å². The third-order valence-electron chi connectivity index (χ3n) is 2.30. The van der Waals surface area contributed by atoms with E-state index < -0.39 is 0 Å². The quantitative estimate of drug-likeness (QED) is 0.765. The molecule has 3 aromatic rings. The standard InChI is InChI=1S/C10H8N6OS/c1-17-7-4-2-6(3-5-7)9-13-14-10(18-9)8-11-15-16-12-8/h2-5H,1H3,(H,11,12,15,16). The monoisotopic (exact) mass is 260 g/mol. The highest BCUT2D eigenvalue weighted by Crippen LogP contribution is 2.28. The summed E-state index contributed by atoms with van der Waals surface area (Å²) in [5, 5.41) is 23.2. The average Bonchev–Trinajstić information content (AvgIpc) is 3.09. The van der Waals surface area contributed by atoms with E-state index in [2.05, 4.69) is 30.8 Å². The molecule has 8 heteroatoms. The minimum absolute atomic E-state index is 0.451. The molecule has 0 saturated carbocycles. The van der Waals surface area contributed by atoms with Gasteiger partial charge in [0.25, 0.3) is 0 Å². The molecular formula is C10H8N6OS. The van der Waals surface area contributed by atoms with Gasteiger partial charge in [-0.05, 0) is 29.5 Å². The van der Waals surface area contributed by atoms with E-state index in [0.717, 1.165) is 16.3 Å². The van der Waals surface area contributed by atoms with Crippen molar-refractivity contribution in [1.29, 1.82) is 0 Å². The molecule has 2 aromatic heterocycles. The van der Waals surface area contributed by atoms with Gasteiger partial charge in [0, 0.05) is 5.56 Å². The molecule has 7 nitrogen and oxygen atoms in total. The Morgan fingerprint density at radius 3 is 2.50 bits per heavy atom. The van der Waals surface area contributed by atoms with Crippen molar-refractivity contribution in [3.05, 3.63) is 24.3 Å². The van der Waals surface area contributed by atoms with E-state index in [-0.39, 0.29) is 0 Å². The van der Waals surface area contributed by atoms with Crippen LogP contribution in [0.25, 0.3) is 21.4 Å². The number of benzene rings is 1. The first-order valence-corrected chi connectivity index (χ1v) is 5.90. The van der Waals surface area contributed by atoms with Crippen LogP contribution in [0.4, 0.5) is 0 Å². The maximum absolute atomic E-state index is 5.10. The molecule has 0 saturated heterocycles. The molecule has 18 heavy (non-hydrogen) atoms. The lowest BCUT2D eigenvalue weighted by Crippen LogP contribution is -1.82. The molecule has 1 N–H and O–H groups in total. The molecule has 0 spiro atoms. The number of methoxy groups -OCH3 is 1. The number of H-pyrrole nitrogens is 1. The van der Waals surface area contributed by atoms with Crippen molar-refractivity contribution < 1.29 is 4.74 Å². The molecule has 0 amide bonds. The van der Waals surface area contributed by atoms with Crippen LogP contribution in [0.2, 0.25) is 0 Å². The van der Waals surface area contributed by atoms with Crippen molar-refractivity contribution in [2.45, 2.75) is 0 Å². The molecule has 0 aliphatic heterocycles. The van der Waals surface area contributed by atoms with Crippen LogP contribution in [0.5, 0.6) is 5.75 Å². The van der Waals surface area contributed by atoms with Gasteiger partial charge in [0.15, 0.2) is 5.01 Å². The van der Waals surface area contributed by atoms with Crippen molar-refractivity contribution in [1.82, 2.24) is 30.8 Å². The van der Waals surface area contributed by atoms with Crippen LogP contribution in [0.1, 0.15) is 0 Å². The summed E-state index contributed by atoms with van der Waals surface area (Å²) >= 11 is 1.41. The fraction of sp³-hybridized carbons (Fsp3) is 0.100. The van der Waals surface area contributed by atoms with Gasteiger partial charge in [0.05, 0.1) is 7.11 Å². The number of hydrogen-bond acceptors (Lipinski definition) is 7. The first-order chi connectivity index (χ1) is 8.86. The summed E-state index contributed by atoms with van der Waals surface area (Å²) < 4.78 is 5.10. The Kier molecular flexibility index (Phi) is 2.69. The molecule has 0 atom stereocenters. The molecule has 0 bridgehead atoms. The van der Waals surface area contributed by atoms with Crippen LogP contribution in [-0.4, -0.2) is 37.9 Å². The van der Waals surface area contributed by atoms with Crippen molar-refractivity contribution in [2.24, 2.45) is 0 Å². The second-order valence-electron chi connectivity index (χ2n) is 3.38. The predicted octanol–water partition coefficient (Wildman–Crippen LogP) is 1.39. The molecule has 90 valence electrons. The fourth-order valence-electron chi connectivity index (χ4n) is 1.42. The fourth-order valence-corrected chi connectivity index (χ4v) is 2.19. The Hall–Kier alpha value is -2.35. The highest BCUT2D eigenvalue weighted by Gasteiger charge is 2.11. The van der Waals surface area contributed by atoms with Gasteiger partial charge >= 0.3 is 0 Å². The normalized spacial score (nSPS) is 10.5. The third-order valence-corrected chi connectivity index (χ3v) is 3.27. The molecule has 0 radical (unpaired) electrons. The van der Waals surface area contributed by atoms with Crippen molar-refractivity contribution in [3.8, 4) is 27.2 Å². The van der Waals surface area contributed by atoms with Crippen LogP contribution < -0.4 is 4.74 Å². The molecule has 0 aliphatic rings. The van der Waals surface area contributed by atoms with E-state index >= 15 is 0 Å². The highest BCUT2D eigenvalue weighted by atomic mass is 32.1. The second kappa shape index (κ2) is 4.49. The number of aromatic amines is 1. The first kappa shape index (κ1) is 10.8. The maximum atomic E-state index is 5.10. The van der Waals surface area contributed by atoms with Crippen LogP contribution in [0.3, 0.4) is 0 Å². The van der Waals surface area contributed by atoms with Crippen molar-refractivity contribution in [2.75, 3.05) is 7.11 Å². The Bertz CT molecular complexity index is 633. The van der Waals surface area contributed by atoms with Gasteiger partial charge < -0.3 is 4.74 Å². The van der Waals surface area contributed by atoms with Gasteiger partial charge in [-0.25, -0.2) is 0 Å². The zero-order valence-corrected chi connectivity index (χ0v) is 10.2. The van der Waals surface area contributed by atoms with Gasteiger partial charge in [-0.2, -0.15) is 5.21 Å². The van der Waals surface area contributed by atoms with E-state index in [0.29, 0.717) is 10.8 Å². The molecule has 1 aromatic carbocycles. The molecular weight excluding hydrogens is 252 g/mol. The van der Waals surface area contributed by atoms with E-state index in [4.69, 9.17) is 4.74 Å². The molecule has 0 unspecified atom stereocenters. The zero-order chi connectivity index (χ0) is 12.4. The summed E-state index contributed by atoms with van der Waals surface area (Å²) in [6.07, 6.45) is 0. The van der Waals surface area contributed by atoms with Crippen LogP contribution in [0, 0.1) is 0 Å². The van der Waals surface area contributed by atoms with Gasteiger partial charge in [-0.3, -0.25) is 0 Å². The number of tetrazole rings is 1. The largest absolute Gasteiger partial charge is 0.497 e. The van der Waals surface area contributed by atoms with Crippen LogP contribution in [-0.2, 0) is 0 Å². The third kappa shape index (κ3) is 1.93. The second-order valence-corrected chi connectivity index (χ2v) is 4.35. The summed E-state index contributed by atoms with van der Waals surface area (Å²) in [7, 11) is 1.63. The number of nitrogens with zero attached hydrogens (tertiary/aromatic N) is 5. The molecule has 3 rings (SSSR count). The lowest BCUT2D eigenvalue weighted by atomic mass is 10.2. The number of hydrogen-bond donors (Lipinski definition) is 1. The van der Waals surface area contributed by atoms with Gasteiger partial charge in [-0.15, -0.1) is 20.4 Å². The Labute approximate surface area is 106 Å². The number of aromatic nitrogens is 6. The van der Waals surface area contributed by atoms with E-state index in [9.17, 15) is 0 Å². The summed E-state index contributed by atoms with van der Waals surface area (Å²) in [6, 6.07) is 7.62. The van der Waals surface area contributed by atoms with Crippen molar-refractivity contribution >= 4 is 11.3 Å². The molecule has 0 fully saturated rings. The lowest BCUT2D eigenvalue weighted by Gasteiger charge is -1.99. The number of rotatable bonds is 3. The zero-order valence-electron chi connectivity index (χ0n) is 9.36. The summed E-state index contributed by atoms with van der Waals surface area (Å²) in [5.74, 6) is 1.26. The Morgan fingerprint density at radius 2 is 1.83 bits per heavy atom. The van der Waals surface area contributed by atoms with Crippen LogP contribution >= 0.6 is 11.3 Å². The summed E-state index contributed by atoms with van der Waals surface area (Å²) in [6.45, 7) is 0. The number of ether oxygens (including phenoxy) is 1. The lowest BCUT2D eigenvalue weighted by molar-refractivity contribution is 0.415. The van der Waals surface area contributed by atoms with Crippen LogP contribution in [0.15, 0.2) is 24.3 Å². The average molecular weight is 260 g/mol. The van der Waals surface area contributed by atoms with Gasteiger partial charge in [0.1, 0.15) is 10.8 Å². The smallest absolute Gasteiger partial charge is 0.235 e. The minimum Gasteiger partial charge on any atom is -0.497 e. The topological polar surface area (TPSA) is 89.5 Å². The number of nitrogens with one attached hydrogen (secondary N) is 1. The minimum atomic E-state index is 0.451. The van der Waals surface area contributed by atoms with Gasteiger partial charge in [0.2, 0.25) is 5.82 Å². The summed E-state index contributed by atoms with van der Waals surface area (Å²) in [5.41, 5.74) is 0.975. The molecule has 0 aliphatic carbocycles. The maximum Gasteiger partial charge on any atom is 0.235 e. The Balaban J connectivity index is 1.92.